The lowest BCUT2D eigenvalue weighted by molar-refractivity contribution is -0.113. The van der Waals surface area contributed by atoms with E-state index in [2.05, 4.69) is 11.8 Å². The largest absolute Gasteiger partial charge is 0.366 e. The van der Waals surface area contributed by atoms with Crippen molar-refractivity contribution in [3.63, 3.8) is 0 Å². The summed E-state index contributed by atoms with van der Waals surface area (Å²) in [7, 11) is 4.07. The average Bonchev–Trinajstić information content (AvgIpc) is 1.96. The molecule has 12 heavy (non-hydrogen) atoms. The molecule has 0 aromatic rings. The molecule has 0 bridgehead atoms. The molecule has 0 saturated heterocycles. The van der Waals surface area contributed by atoms with Crippen LogP contribution in [-0.2, 0) is 4.79 Å². The van der Waals surface area contributed by atoms with Gasteiger partial charge in [0.25, 0.3) is 0 Å². The minimum absolute atomic E-state index is 0.372. The zero-order valence-electron chi connectivity index (χ0n) is 8.08. The van der Waals surface area contributed by atoms with Gasteiger partial charge in [0.1, 0.15) is 0 Å². The van der Waals surface area contributed by atoms with Gasteiger partial charge in [-0.1, -0.05) is 13.0 Å². The Kier molecular flexibility index (Phi) is 5.37. The summed E-state index contributed by atoms with van der Waals surface area (Å²) in [4.78, 5) is 12.5. The third kappa shape index (κ3) is 4.91. The van der Waals surface area contributed by atoms with Crippen LogP contribution in [0.3, 0.4) is 0 Å². The van der Waals surface area contributed by atoms with E-state index in [1.165, 1.54) is 6.08 Å². The maximum absolute atomic E-state index is 10.4. The topological polar surface area (TPSA) is 46.3 Å². The summed E-state index contributed by atoms with van der Waals surface area (Å²) in [5.41, 5.74) is 4.96. The molecule has 0 saturated carbocycles. The second kappa shape index (κ2) is 5.77. The fourth-order valence-electron chi connectivity index (χ4n) is 1.08. The van der Waals surface area contributed by atoms with E-state index in [-0.39, 0.29) is 5.91 Å². The molecule has 1 amide bonds. The van der Waals surface area contributed by atoms with Crippen LogP contribution in [0.15, 0.2) is 12.2 Å². The number of rotatable bonds is 5. The van der Waals surface area contributed by atoms with Crippen LogP contribution in [-0.4, -0.2) is 30.9 Å². The van der Waals surface area contributed by atoms with Crippen LogP contribution < -0.4 is 5.73 Å². The quantitative estimate of drug-likeness (QED) is 0.619. The number of carbonyl (C=O) groups excluding carboxylic acids is 1. The van der Waals surface area contributed by atoms with Gasteiger partial charge in [0.05, 0.1) is 0 Å². The van der Waals surface area contributed by atoms with Crippen LogP contribution in [0.5, 0.6) is 0 Å². The third-order valence-electron chi connectivity index (χ3n) is 1.89. The van der Waals surface area contributed by atoms with Crippen LogP contribution in [0.4, 0.5) is 0 Å². The molecule has 0 aliphatic carbocycles. The number of carbonyl (C=O) groups is 1. The molecular formula is C9H18N2O. The van der Waals surface area contributed by atoms with Gasteiger partial charge in [-0.05, 0) is 33.0 Å². The second-order valence-corrected chi connectivity index (χ2v) is 3.07. The van der Waals surface area contributed by atoms with Crippen LogP contribution in [0.1, 0.15) is 19.8 Å². The molecule has 1 unspecified atom stereocenters. The first kappa shape index (κ1) is 11.2. The molecule has 0 aromatic heterocycles. The van der Waals surface area contributed by atoms with Crippen molar-refractivity contribution in [2.45, 2.75) is 25.8 Å². The molecule has 1 atom stereocenters. The predicted octanol–water partition coefficient (Wildman–Crippen LogP) is 0.758. The molecule has 3 heteroatoms. The number of nitrogens with zero attached hydrogens (tertiary/aromatic N) is 1. The molecule has 0 aliphatic heterocycles. The summed E-state index contributed by atoms with van der Waals surface area (Å²) in [5, 5.41) is 0. The Balaban J connectivity index is 3.80. The Bertz CT molecular complexity index is 164. The minimum Gasteiger partial charge on any atom is -0.366 e. The zero-order valence-corrected chi connectivity index (χ0v) is 8.08. The van der Waals surface area contributed by atoms with Gasteiger partial charge < -0.3 is 10.6 Å². The van der Waals surface area contributed by atoms with E-state index in [1.54, 1.807) is 0 Å². The van der Waals surface area contributed by atoms with Gasteiger partial charge in [0.2, 0.25) is 5.91 Å². The normalized spacial score (nSPS) is 14.0. The summed E-state index contributed by atoms with van der Waals surface area (Å²) in [6.07, 6.45) is 5.21. The number of amides is 1. The number of hydrogen-bond acceptors (Lipinski definition) is 2. The SMILES string of the molecule is CCC(C/C=C/C(N)=O)N(C)C. The Morgan fingerprint density at radius 2 is 2.17 bits per heavy atom. The lowest BCUT2D eigenvalue weighted by atomic mass is 10.1. The predicted molar refractivity (Wildman–Crippen MR) is 50.7 cm³/mol. The van der Waals surface area contributed by atoms with E-state index in [9.17, 15) is 4.79 Å². The van der Waals surface area contributed by atoms with Crippen molar-refractivity contribution in [2.75, 3.05) is 14.1 Å². The van der Waals surface area contributed by atoms with Gasteiger partial charge in [-0.25, -0.2) is 0 Å². The Hall–Kier alpha value is -0.830. The third-order valence-corrected chi connectivity index (χ3v) is 1.89. The molecule has 2 N–H and O–H groups in total. The first-order valence-electron chi connectivity index (χ1n) is 4.20. The van der Waals surface area contributed by atoms with Crippen molar-refractivity contribution in [1.29, 1.82) is 0 Å². The summed E-state index contributed by atoms with van der Waals surface area (Å²) < 4.78 is 0. The first-order valence-corrected chi connectivity index (χ1v) is 4.20. The Morgan fingerprint density at radius 3 is 2.50 bits per heavy atom. The Labute approximate surface area is 74.2 Å². The fourth-order valence-corrected chi connectivity index (χ4v) is 1.08. The number of nitrogens with two attached hydrogens (primary N) is 1. The van der Waals surface area contributed by atoms with E-state index in [1.807, 2.05) is 20.2 Å². The maximum Gasteiger partial charge on any atom is 0.241 e. The lowest BCUT2D eigenvalue weighted by Crippen LogP contribution is -2.26. The van der Waals surface area contributed by atoms with Gasteiger partial charge in [-0.2, -0.15) is 0 Å². The molecule has 0 spiro atoms. The van der Waals surface area contributed by atoms with Crippen LogP contribution in [0, 0.1) is 0 Å². The highest BCUT2D eigenvalue weighted by Gasteiger charge is 2.05. The van der Waals surface area contributed by atoms with E-state index < -0.39 is 0 Å². The molecule has 0 aliphatic rings. The lowest BCUT2D eigenvalue weighted by Gasteiger charge is -2.20. The van der Waals surface area contributed by atoms with E-state index in [0.717, 1.165) is 12.8 Å². The zero-order chi connectivity index (χ0) is 9.56. The van der Waals surface area contributed by atoms with Gasteiger partial charge in [-0.15, -0.1) is 0 Å². The highest BCUT2D eigenvalue weighted by atomic mass is 16.1. The maximum atomic E-state index is 10.4. The van der Waals surface area contributed by atoms with E-state index in [4.69, 9.17) is 5.73 Å². The molecule has 0 aromatic carbocycles. The highest BCUT2D eigenvalue weighted by molar-refractivity contribution is 5.85. The summed E-state index contributed by atoms with van der Waals surface area (Å²) in [6, 6.07) is 0.501. The molecule has 3 nitrogen and oxygen atoms in total. The summed E-state index contributed by atoms with van der Waals surface area (Å²) in [5.74, 6) is -0.372. The van der Waals surface area contributed by atoms with Crippen molar-refractivity contribution in [3.05, 3.63) is 12.2 Å². The van der Waals surface area contributed by atoms with Crippen LogP contribution >= 0.6 is 0 Å². The molecule has 0 fully saturated rings. The average molecular weight is 170 g/mol. The van der Waals surface area contributed by atoms with Gasteiger partial charge in [-0.3, -0.25) is 4.79 Å². The number of primary amides is 1. The molecule has 0 rings (SSSR count). The minimum atomic E-state index is -0.372. The van der Waals surface area contributed by atoms with Crippen molar-refractivity contribution in [2.24, 2.45) is 5.73 Å². The smallest absolute Gasteiger partial charge is 0.241 e. The van der Waals surface area contributed by atoms with E-state index >= 15 is 0 Å². The summed E-state index contributed by atoms with van der Waals surface area (Å²) in [6.45, 7) is 2.13. The molecule has 0 radical (unpaired) electrons. The van der Waals surface area contributed by atoms with Crippen molar-refractivity contribution in [1.82, 2.24) is 4.90 Å². The van der Waals surface area contributed by atoms with E-state index in [0.29, 0.717) is 6.04 Å². The number of hydrogen-bond donors (Lipinski definition) is 1. The van der Waals surface area contributed by atoms with Crippen molar-refractivity contribution in [3.8, 4) is 0 Å². The van der Waals surface area contributed by atoms with Gasteiger partial charge in [0, 0.05) is 6.04 Å². The standard InChI is InChI=1S/C9H18N2O/c1-4-8(11(2)3)6-5-7-9(10)12/h5,7-8H,4,6H2,1-3H3,(H2,10,12)/b7-5+. The molecular weight excluding hydrogens is 152 g/mol. The highest BCUT2D eigenvalue weighted by Crippen LogP contribution is 2.04. The van der Waals surface area contributed by atoms with Crippen LogP contribution in [0.2, 0.25) is 0 Å². The van der Waals surface area contributed by atoms with Gasteiger partial charge >= 0.3 is 0 Å². The first-order chi connectivity index (χ1) is 5.57. The van der Waals surface area contributed by atoms with Gasteiger partial charge in [0.15, 0.2) is 0 Å². The summed E-state index contributed by atoms with van der Waals surface area (Å²) >= 11 is 0. The fraction of sp³-hybridized carbons (Fsp3) is 0.667. The Morgan fingerprint density at radius 1 is 1.58 bits per heavy atom. The van der Waals surface area contributed by atoms with Crippen LogP contribution in [0.25, 0.3) is 0 Å². The molecule has 70 valence electrons. The second-order valence-electron chi connectivity index (χ2n) is 3.07. The monoisotopic (exact) mass is 170 g/mol. The molecule has 0 heterocycles. The van der Waals surface area contributed by atoms with Crippen molar-refractivity contribution < 1.29 is 4.79 Å². The van der Waals surface area contributed by atoms with Crippen molar-refractivity contribution >= 4 is 5.91 Å².